The summed E-state index contributed by atoms with van der Waals surface area (Å²) in [6.45, 7) is 2.29. The van der Waals surface area contributed by atoms with Crippen molar-refractivity contribution in [2.24, 2.45) is 5.92 Å². The maximum atomic E-state index is 6.15. The lowest BCUT2D eigenvalue weighted by atomic mass is 9.83. The van der Waals surface area contributed by atoms with E-state index in [0.717, 1.165) is 21.7 Å². The van der Waals surface area contributed by atoms with Gasteiger partial charge < -0.3 is 4.57 Å². The predicted octanol–water partition coefficient (Wildman–Crippen LogP) is 6.07. The lowest BCUT2D eigenvalue weighted by Crippen LogP contribution is -2.19. The maximum Gasteiger partial charge on any atom is 0.125 e. The van der Waals surface area contributed by atoms with Gasteiger partial charge in [-0.3, -0.25) is 0 Å². The van der Waals surface area contributed by atoms with Gasteiger partial charge in [-0.1, -0.05) is 35.7 Å². The monoisotopic (exact) mass is 368 g/mol. The number of halogens is 2. The summed E-state index contributed by atoms with van der Waals surface area (Å²) in [7, 11) is 0. The third kappa shape index (κ3) is 3.14. The molecule has 0 aliphatic heterocycles. The Morgan fingerprint density at radius 3 is 2.71 bits per heavy atom. The van der Waals surface area contributed by atoms with Crippen molar-refractivity contribution in [1.29, 1.82) is 0 Å². The van der Waals surface area contributed by atoms with Gasteiger partial charge in [0, 0.05) is 10.5 Å². The van der Waals surface area contributed by atoms with Crippen molar-refractivity contribution in [2.45, 2.75) is 57.4 Å². The van der Waals surface area contributed by atoms with Gasteiger partial charge in [-0.2, -0.15) is 0 Å². The fraction of sp³-hybridized carbons (Fsp3) is 0.588. The molecular weight excluding hydrogens is 348 g/mol. The standard InChI is InChI=1S/C17H22BrClN2/c1-2-3-12-4-7-14(8-5-12)21-16-9-6-13(18)10-15(16)20-17(21)11-19/h6,9-10,12,14H,2-5,7-8,11H2,1H3. The summed E-state index contributed by atoms with van der Waals surface area (Å²) in [5, 5.41) is 0. The van der Waals surface area contributed by atoms with E-state index in [2.05, 4.69) is 45.6 Å². The second kappa shape index (κ2) is 6.70. The van der Waals surface area contributed by atoms with E-state index in [1.54, 1.807) is 0 Å². The average Bonchev–Trinajstić information content (AvgIpc) is 2.86. The van der Waals surface area contributed by atoms with Crippen LogP contribution in [0.1, 0.15) is 57.3 Å². The number of hydrogen-bond acceptors (Lipinski definition) is 1. The van der Waals surface area contributed by atoms with Crippen LogP contribution in [-0.4, -0.2) is 9.55 Å². The Hall–Kier alpha value is -0.540. The Morgan fingerprint density at radius 2 is 2.05 bits per heavy atom. The number of fused-ring (bicyclic) bond motifs is 1. The molecule has 1 aliphatic carbocycles. The smallest absolute Gasteiger partial charge is 0.125 e. The highest BCUT2D eigenvalue weighted by Crippen LogP contribution is 2.37. The van der Waals surface area contributed by atoms with Crippen molar-refractivity contribution in [1.82, 2.24) is 9.55 Å². The molecule has 2 aromatic rings. The van der Waals surface area contributed by atoms with E-state index in [1.807, 2.05) is 0 Å². The highest BCUT2D eigenvalue weighted by atomic mass is 79.9. The van der Waals surface area contributed by atoms with Gasteiger partial charge in [0.25, 0.3) is 0 Å². The number of aromatic nitrogens is 2. The van der Waals surface area contributed by atoms with Crippen LogP contribution in [0.15, 0.2) is 22.7 Å². The molecule has 2 nitrogen and oxygen atoms in total. The van der Waals surface area contributed by atoms with Crippen LogP contribution in [0.5, 0.6) is 0 Å². The van der Waals surface area contributed by atoms with Crippen LogP contribution in [0.25, 0.3) is 11.0 Å². The fourth-order valence-electron chi connectivity index (χ4n) is 3.72. The maximum absolute atomic E-state index is 6.15. The van der Waals surface area contributed by atoms with E-state index in [-0.39, 0.29) is 0 Å². The summed E-state index contributed by atoms with van der Waals surface area (Å²) >= 11 is 9.67. The predicted molar refractivity (Wildman–Crippen MR) is 92.9 cm³/mol. The van der Waals surface area contributed by atoms with Crippen LogP contribution in [0.3, 0.4) is 0 Å². The summed E-state index contributed by atoms with van der Waals surface area (Å²) in [5.41, 5.74) is 2.28. The van der Waals surface area contributed by atoms with Crippen LogP contribution in [0.4, 0.5) is 0 Å². The quantitative estimate of drug-likeness (QED) is 0.598. The molecule has 4 heteroatoms. The molecule has 0 saturated heterocycles. The van der Waals surface area contributed by atoms with Crippen LogP contribution in [0.2, 0.25) is 0 Å². The first-order chi connectivity index (χ1) is 10.2. The minimum atomic E-state index is 0.487. The number of nitrogens with zero attached hydrogens (tertiary/aromatic N) is 2. The fourth-order valence-corrected chi connectivity index (χ4v) is 4.26. The SMILES string of the molecule is CCCC1CCC(n2c(CCl)nc3cc(Br)ccc32)CC1. The van der Waals surface area contributed by atoms with Crippen LogP contribution >= 0.6 is 27.5 Å². The first-order valence-electron chi connectivity index (χ1n) is 7.95. The minimum absolute atomic E-state index is 0.487. The third-order valence-electron chi connectivity index (χ3n) is 4.72. The highest BCUT2D eigenvalue weighted by Gasteiger charge is 2.25. The Morgan fingerprint density at radius 1 is 1.29 bits per heavy atom. The van der Waals surface area contributed by atoms with E-state index >= 15 is 0 Å². The molecule has 0 N–H and O–H groups in total. The molecule has 1 aliphatic rings. The summed E-state index contributed by atoms with van der Waals surface area (Å²) in [6, 6.07) is 6.92. The van der Waals surface area contributed by atoms with Gasteiger partial charge in [-0.15, -0.1) is 11.6 Å². The molecule has 1 saturated carbocycles. The zero-order valence-electron chi connectivity index (χ0n) is 12.5. The van der Waals surface area contributed by atoms with Gasteiger partial charge in [-0.05, 0) is 49.8 Å². The second-order valence-electron chi connectivity index (χ2n) is 6.13. The van der Waals surface area contributed by atoms with Gasteiger partial charge in [0.1, 0.15) is 5.82 Å². The van der Waals surface area contributed by atoms with Crippen molar-refractivity contribution in [3.05, 3.63) is 28.5 Å². The van der Waals surface area contributed by atoms with Crippen LogP contribution in [0, 0.1) is 5.92 Å². The molecule has 0 amide bonds. The van der Waals surface area contributed by atoms with Crippen LogP contribution in [-0.2, 0) is 5.88 Å². The lowest BCUT2D eigenvalue weighted by molar-refractivity contribution is 0.263. The van der Waals surface area contributed by atoms with E-state index in [4.69, 9.17) is 16.6 Å². The van der Waals surface area contributed by atoms with Gasteiger partial charge in [0.05, 0.1) is 16.9 Å². The Bertz CT molecular complexity index is 615. The molecule has 1 aromatic carbocycles. The second-order valence-corrected chi connectivity index (χ2v) is 7.31. The Labute approximate surface area is 140 Å². The molecule has 0 unspecified atom stereocenters. The summed E-state index contributed by atoms with van der Waals surface area (Å²) < 4.78 is 3.48. The van der Waals surface area contributed by atoms with E-state index < -0.39 is 0 Å². The number of rotatable bonds is 4. The topological polar surface area (TPSA) is 17.8 Å². The molecule has 1 aromatic heterocycles. The van der Waals surface area contributed by atoms with Crippen molar-refractivity contribution < 1.29 is 0 Å². The summed E-state index contributed by atoms with van der Waals surface area (Å²) in [5.74, 6) is 2.43. The zero-order valence-corrected chi connectivity index (χ0v) is 14.8. The molecule has 0 radical (unpaired) electrons. The first-order valence-corrected chi connectivity index (χ1v) is 9.28. The van der Waals surface area contributed by atoms with Gasteiger partial charge >= 0.3 is 0 Å². The largest absolute Gasteiger partial charge is 0.324 e. The van der Waals surface area contributed by atoms with E-state index in [9.17, 15) is 0 Å². The molecule has 1 heterocycles. The molecule has 1 fully saturated rings. The van der Waals surface area contributed by atoms with E-state index in [1.165, 1.54) is 44.0 Å². The van der Waals surface area contributed by atoms with E-state index in [0.29, 0.717) is 11.9 Å². The van der Waals surface area contributed by atoms with Crippen molar-refractivity contribution >= 4 is 38.6 Å². The third-order valence-corrected chi connectivity index (χ3v) is 5.45. The van der Waals surface area contributed by atoms with Gasteiger partial charge in [-0.25, -0.2) is 4.98 Å². The molecule has 3 rings (SSSR count). The number of benzene rings is 1. The minimum Gasteiger partial charge on any atom is -0.324 e. The number of hydrogen-bond donors (Lipinski definition) is 0. The molecule has 0 spiro atoms. The Kier molecular flexibility index (Phi) is 4.90. The molecule has 0 bridgehead atoms. The average molecular weight is 370 g/mol. The molecule has 0 atom stereocenters. The highest BCUT2D eigenvalue weighted by molar-refractivity contribution is 9.10. The van der Waals surface area contributed by atoms with Crippen LogP contribution < -0.4 is 0 Å². The zero-order chi connectivity index (χ0) is 14.8. The van der Waals surface area contributed by atoms with Gasteiger partial charge in [0.15, 0.2) is 0 Å². The number of imidazole rings is 1. The lowest BCUT2D eigenvalue weighted by Gasteiger charge is -2.30. The first kappa shape index (κ1) is 15.4. The molecule has 114 valence electrons. The Balaban J connectivity index is 1.89. The number of alkyl halides is 1. The van der Waals surface area contributed by atoms with Crippen molar-refractivity contribution in [2.75, 3.05) is 0 Å². The van der Waals surface area contributed by atoms with Crippen molar-refractivity contribution in [3.63, 3.8) is 0 Å². The van der Waals surface area contributed by atoms with Gasteiger partial charge in [0.2, 0.25) is 0 Å². The molecular formula is C17H22BrClN2. The summed E-state index contributed by atoms with van der Waals surface area (Å²) in [6.07, 6.45) is 7.90. The summed E-state index contributed by atoms with van der Waals surface area (Å²) in [4.78, 5) is 4.72. The van der Waals surface area contributed by atoms with Crippen molar-refractivity contribution in [3.8, 4) is 0 Å². The molecule has 21 heavy (non-hydrogen) atoms. The normalized spacial score (nSPS) is 22.8.